The van der Waals surface area contributed by atoms with Crippen molar-refractivity contribution in [3.05, 3.63) is 58.4 Å². The van der Waals surface area contributed by atoms with E-state index in [0.29, 0.717) is 16.3 Å². The second-order valence-corrected chi connectivity index (χ2v) is 8.07. The topological polar surface area (TPSA) is 91.3 Å². The Kier molecular flexibility index (Phi) is 4.78. The lowest BCUT2D eigenvalue weighted by atomic mass is 10.1. The van der Waals surface area contributed by atoms with Crippen LogP contribution in [0.3, 0.4) is 0 Å². The van der Waals surface area contributed by atoms with Gasteiger partial charge in [-0.2, -0.15) is 0 Å². The van der Waals surface area contributed by atoms with Crippen molar-refractivity contribution in [2.24, 2.45) is 0 Å². The van der Waals surface area contributed by atoms with Crippen molar-refractivity contribution >= 4 is 27.3 Å². The Bertz CT molecular complexity index is 857. The number of nitrogens with one attached hydrogen (secondary N) is 2. The Hall–Kier alpha value is -1.67. The number of aryl methyl sites for hydroxylation is 1. The molecule has 2 atom stereocenters. The monoisotopic (exact) mass is 367 g/mol. The number of sulfonamides is 1. The summed E-state index contributed by atoms with van der Waals surface area (Å²) < 4.78 is 24.9. The summed E-state index contributed by atoms with van der Waals surface area (Å²) in [5, 5.41) is 14.3. The summed E-state index contributed by atoms with van der Waals surface area (Å²) in [5.74, 6) is 0. The normalized spacial score (nSPS) is 18.2. The summed E-state index contributed by atoms with van der Waals surface area (Å²) in [7, 11) is -3.39. The zero-order valence-electron chi connectivity index (χ0n) is 13.0. The van der Waals surface area contributed by atoms with E-state index in [9.17, 15) is 13.5 Å². The lowest BCUT2D eigenvalue weighted by molar-refractivity contribution is 0.123. The van der Waals surface area contributed by atoms with Crippen molar-refractivity contribution in [2.45, 2.75) is 25.1 Å². The first-order valence-electron chi connectivity index (χ1n) is 7.47. The van der Waals surface area contributed by atoms with E-state index in [0.717, 1.165) is 24.7 Å². The van der Waals surface area contributed by atoms with Crippen LogP contribution < -0.4 is 10.0 Å². The Morgan fingerprint density at radius 1 is 1.33 bits per heavy atom. The first-order chi connectivity index (χ1) is 11.3. The predicted octanol–water partition coefficient (Wildman–Crippen LogP) is 2.37. The van der Waals surface area contributed by atoms with Crippen molar-refractivity contribution in [1.82, 2.24) is 10.3 Å². The van der Waals surface area contributed by atoms with Gasteiger partial charge in [0.15, 0.2) is 0 Å². The molecule has 128 valence electrons. The Labute approximate surface area is 145 Å². The number of aliphatic hydroxyl groups is 1. The maximum absolute atomic E-state index is 11.3. The van der Waals surface area contributed by atoms with Gasteiger partial charge in [-0.05, 0) is 42.2 Å². The first-order valence-corrected chi connectivity index (χ1v) is 9.74. The van der Waals surface area contributed by atoms with Crippen LogP contribution >= 0.6 is 11.6 Å². The summed E-state index contributed by atoms with van der Waals surface area (Å²) in [6.45, 7) is 0. The van der Waals surface area contributed by atoms with Gasteiger partial charge in [-0.25, -0.2) is 8.42 Å². The molecule has 0 amide bonds. The van der Waals surface area contributed by atoms with Gasteiger partial charge < -0.3 is 5.11 Å². The van der Waals surface area contributed by atoms with E-state index in [1.807, 2.05) is 18.2 Å². The average Bonchev–Trinajstić information content (AvgIpc) is 2.88. The number of rotatable bonds is 5. The van der Waals surface area contributed by atoms with Crippen LogP contribution in [0.2, 0.25) is 5.02 Å². The van der Waals surface area contributed by atoms with Gasteiger partial charge in [0, 0.05) is 22.8 Å². The highest BCUT2D eigenvalue weighted by Crippen LogP contribution is 2.34. The van der Waals surface area contributed by atoms with Crippen LogP contribution in [0.25, 0.3) is 0 Å². The van der Waals surface area contributed by atoms with Gasteiger partial charge in [-0.3, -0.25) is 15.0 Å². The zero-order chi connectivity index (χ0) is 17.3. The molecule has 1 heterocycles. The summed E-state index contributed by atoms with van der Waals surface area (Å²) in [6.07, 6.45) is 4.77. The minimum absolute atomic E-state index is 0.0128. The van der Waals surface area contributed by atoms with Crippen molar-refractivity contribution in [2.75, 3.05) is 11.0 Å². The van der Waals surface area contributed by atoms with Crippen LogP contribution in [-0.2, 0) is 16.4 Å². The number of benzene rings is 1. The van der Waals surface area contributed by atoms with E-state index in [4.69, 9.17) is 11.6 Å². The minimum atomic E-state index is -3.39. The Morgan fingerprint density at radius 2 is 2.12 bits per heavy atom. The summed E-state index contributed by atoms with van der Waals surface area (Å²) in [4.78, 5) is 3.98. The van der Waals surface area contributed by atoms with Gasteiger partial charge in [0.25, 0.3) is 0 Å². The maximum atomic E-state index is 11.3. The Morgan fingerprint density at radius 3 is 2.88 bits per heavy atom. The molecule has 3 rings (SSSR count). The third kappa shape index (κ3) is 4.05. The third-order valence-corrected chi connectivity index (χ3v) is 4.76. The van der Waals surface area contributed by atoms with Crippen molar-refractivity contribution < 1.29 is 13.5 Å². The number of nitrogens with zero attached hydrogens (tertiary/aromatic N) is 1. The predicted molar refractivity (Wildman–Crippen MR) is 93.3 cm³/mol. The van der Waals surface area contributed by atoms with Crippen LogP contribution in [0.15, 0.2) is 36.7 Å². The molecule has 1 unspecified atom stereocenters. The van der Waals surface area contributed by atoms with Gasteiger partial charge in [0.05, 0.1) is 18.1 Å². The molecule has 3 N–H and O–H groups in total. The van der Waals surface area contributed by atoms with Gasteiger partial charge in [0.2, 0.25) is 10.0 Å². The minimum Gasteiger partial charge on any atom is -0.374 e. The third-order valence-electron chi connectivity index (χ3n) is 3.92. The standard InChI is InChI=1S/C16H18ClN3O3S/c1-24(22,23)20-13-7-11(8-18-9-13)16(21)19-15-5-2-10-6-12(17)3-4-14(10)15/h3-4,6-9,15-16,19-21H,2,5H2,1H3/t15-,16?/m1/s1. The van der Waals surface area contributed by atoms with Crippen molar-refractivity contribution in [3.63, 3.8) is 0 Å². The van der Waals surface area contributed by atoms with Crippen molar-refractivity contribution in [3.8, 4) is 0 Å². The molecule has 2 aromatic rings. The molecule has 24 heavy (non-hydrogen) atoms. The molecule has 0 saturated carbocycles. The number of fused-ring (bicyclic) bond motifs is 1. The molecular weight excluding hydrogens is 350 g/mol. The van der Waals surface area contributed by atoms with Crippen LogP contribution in [0.5, 0.6) is 0 Å². The smallest absolute Gasteiger partial charge is 0.229 e. The number of hydrogen-bond acceptors (Lipinski definition) is 5. The molecule has 0 bridgehead atoms. The number of halogens is 1. The lowest BCUT2D eigenvalue weighted by Gasteiger charge is -2.20. The molecular formula is C16H18ClN3O3S. The molecule has 8 heteroatoms. The molecule has 0 saturated heterocycles. The summed E-state index contributed by atoms with van der Waals surface area (Å²) >= 11 is 6.01. The number of aromatic nitrogens is 1. The van der Waals surface area contributed by atoms with Crippen LogP contribution in [-0.4, -0.2) is 24.8 Å². The Balaban J connectivity index is 1.75. The highest BCUT2D eigenvalue weighted by molar-refractivity contribution is 7.92. The summed E-state index contributed by atoms with van der Waals surface area (Å²) in [5.41, 5.74) is 3.11. The SMILES string of the molecule is CS(=O)(=O)Nc1cncc(C(O)N[C@@H]2CCc3cc(Cl)ccc32)c1. The van der Waals surface area contributed by atoms with Crippen LogP contribution in [0.1, 0.15) is 35.4 Å². The van der Waals surface area contributed by atoms with Gasteiger partial charge in [-0.15, -0.1) is 0 Å². The van der Waals surface area contributed by atoms with Gasteiger partial charge in [0.1, 0.15) is 6.23 Å². The van der Waals surface area contributed by atoms with Gasteiger partial charge >= 0.3 is 0 Å². The summed E-state index contributed by atoms with van der Waals surface area (Å²) in [6, 6.07) is 7.32. The van der Waals surface area contributed by atoms with E-state index in [1.165, 1.54) is 18.0 Å². The second-order valence-electron chi connectivity index (χ2n) is 5.88. The van der Waals surface area contributed by atoms with Crippen LogP contribution in [0.4, 0.5) is 5.69 Å². The fourth-order valence-electron chi connectivity index (χ4n) is 2.92. The molecule has 1 aromatic carbocycles. The van der Waals surface area contributed by atoms with E-state index < -0.39 is 16.3 Å². The molecule has 0 radical (unpaired) electrons. The fourth-order valence-corrected chi connectivity index (χ4v) is 3.66. The second kappa shape index (κ2) is 6.68. The largest absolute Gasteiger partial charge is 0.374 e. The quantitative estimate of drug-likeness (QED) is 0.706. The van der Waals surface area contributed by atoms with Crippen molar-refractivity contribution in [1.29, 1.82) is 0 Å². The van der Waals surface area contributed by atoms with E-state index in [-0.39, 0.29) is 6.04 Å². The number of anilines is 1. The van der Waals surface area contributed by atoms with E-state index >= 15 is 0 Å². The van der Waals surface area contributed by atoms with Crippen LogP contribution in [0, 0.1) is 0 Å². The highest BCUT2D eigenvalue weighted by Gasteiger charge is 2.25. The molecule has 1 aliphatic rings. The molecule has 0 fully saturated rings. The average molecular weight is 368 g/mol. The molecule has 1 aliphatic carbocycles. The van der Waals surface area contributed by atoms with E-state index in [2.05, 4.69) is 15.0 Å². The zero-order valence-corrected chi connectivity index (χ0v) is 14.6. The molecule has 0 spiro atoms. The highest BCUT2D eigenvalue weighted by atomic mass is 35.5. The van der Waals surface area contributed by atoms with E-state index in [1.54, 1.807) is 6.07 Å². The lowest BCUT2D eigenvalue weighted by Crippen LogP contribution is -2.25. The fraction of sp³-hybridized carbons (Fsp3) is 0.312. The number of pyridine rings is 1. The molecule has 1 aromatic heterocycles. The first kappa shape index (κ1) is 17.2. The number of aliphatic hydroxyl groups excluding tert-OH is 1. The van der Waals surface area contributed by atoms with Gasteiger partial charge in [-0.1, -0.05) is 17.7 Å². The maximum Gasteiger partial charge on any atom is 0.229 e. The molecule has 6 nitrogen and oxygen atoms in total. The number of hydrogen-bond donors (Lipinski definition) is 3. The molecule has 0 aliphatic heterocycles.